The number of carbonyl (C=O) groups is 1. The van der Waals surface area contributed by atoms with Gasteiger partial charge in [0.2, 0.25) is 0 Å². The fraction of sp³-hybridized carbons (Fsp3) is 0.421. The van der Waals surface area contributed by atoms with E-state index in [-0.39, 0.29) is 5.97 Å². The average molecular weight is 313 g/mol. The molecule has 4 heteroatoms. The van der Waals surface area contributed by atoms with Crippen LogP contribution in [0.5, 0.6) is 0 Å². The van der Waals surface area contributed by atoms with Gasteiger partial charge in [0, 0.05) is 13.1 Å². The second kappa shape index (κ2) is 7.47. The molecule has 0 bridgehead atoms. The first kappa shape index (κ1) is 15.8. The molecule has 1 heterocycles. The number of hydrogen-bond acceptors (Lipinski definition) is 4. The zero-order valence-electron chi connectivity index (χ0n) is 13.6. The minimum Gasteiger partial charge on any atom is -0.463 e. The van der Waals surface area contributed by atoms with Crippen molar-refractivity contribution in [1.82, 2.24) is 4.90 Å². The number of hydrogen-bond donors (Lipinski definition) is 0. The van der Waals surface area contributed by atoms with E-state index in [1.54, 1.807) is 0 Å². The molecule has 1 aliphatic carbocycles. The van der Waals surface area contributed by atoms with Gasteiger partial charge in [-0.25, -0.2) is 4.79 Å². The number of nitrogens with zero attached hydrogens (tertiary/aromatic N) is 1. The van der Waals surface area contributed by atoms with Crippen molar-refractivity contribution >= 4 is 12.0 Å². The molecule has 4 nitrogen and oxygen atoms in total. The lowest BCUT2D eigenvalue weighted by Crippen LogP contribution is -2.36. The molecule has 1 fully saturated rings. The van der Waals surface area contributed by atoms with E-state index in [1.807, 2.05) is 25.1 Å². The number of benzene rings is 1. The number of rotatable bonds is 4. The summed E-state index contributed by atoms with van der Waals surface area (Å²) in [6.45, 7) is 5.32. The molecule has 0 amide bonds. The monoisotopic (exact) mass is 313 g/mol. The molecule has 1 aliphatic heterocycles. The Morgan fingerprint density at radius 1 is 1.22 bits per heavy atom. The minimum absolute atomic E-state index is 0.176. The number of esters is 1. The molecule has 1 aromatic carbocycles. The van der Waals surface area contributed by atoms with Crippen molar-refractivity contribution in [3.8, 4) is 0 Å². The van der Waals surface area contributed by atoms with Gasteiger partial charge in [-0.15, -0.1) is 0 Å². The van der Waals surface area contributed by atoms with Crippen LogP contribution in [0.2, 0.25) is 0 Å². The lowest BCUT2D eigenvalue weighted by Gasteiger charge is -2.31. The van der Waals surface area contributed by atoms with Crippen LogP contribution in [-0.2, 0) is 14.3 Å². The third kappa shape index (κ3) is 3.64. The summed E-state index contributed by atoms with van der Waals surface area (Å²) in [6, 6.07) is 10.3. The molecule has 3 rings (SSSR count). The number of morpholine rings is 1. The molecule has 1 saturated heterocycles. The molecule has 122 valence electrons. The average Bonchev–Trinajstić information content (AvgIpc) is 3.00. The molecule has 0 spiro atoms. The second-order valence-electron chi connectivity index (χ2n) is 5.73. The normalized spacial score (nSPS) is 20.2. The fourth-order valence-electron chi connectivity index (χ4n) is 3.18. The maximum Gasteiger partial charge on any atom is 0.336 e. The molecule has 23 heavy (non-hydrogen) atoms. The Hall–Kier alpha value is -2.07. The smallest absolute Gasteiger partial charge is 0.336 e. The maximum atomic E-state index is 12.3. The van der Waals surface area contributed by atoms with Crippen LogP contribution in [0.1, 0.15) is 25.3 Å². The predicted octanol–water partition coefficient (Wildman–Crippen LogP) is 3.01. The number of carbonyl (C=O) groups excluding carboxylic acids is 1. The summed E-state index contributed by atoms with van der Waals surface area (Å²) in [5, 5.41) is 0. The third-order valence-corrected chi connectivity index (χ3v) is 4.22. The van der Waals surface area contributed by atoms with Crippen LogP contribution < -0.4 is 0 Å². The number of allylic oxidation sites excluding steroid dienone is 1. The summed E-state index contributed by atoms with van der Waals surface area (Å²) in [5.41, 5.74) is 4.27. The molecule has 1 aromatic rings. The van der Waals surface area contributed by atoms with E-state index in [0.29, 0.717) is 19.8 Å². The van der Waals surface area contributed by atoms with E-state index in [2.05, 4.69) is 23.1 Å². The van der Waals surface area contributed by atoms with Gasteiger partial charge >= 0.3 is 5.97 Å². The van der Waals surface area contributed by atoms with Gasteiger partial charge in [0.05, 0.1) is 31.1 Å². The highest BCUT2D eigenvalue weighted by molar-refractivity contribution is 5.92. The minimum atomic E-state index is -0.176. The molecule has 0 saturated carbocycles. The summed E-state index contributed by atoms with van der Waals surface area (Å²) in [6.07, 6.45) is 3.83. The summed E-state index contributed by atoms with van der Waals surface area (Å²) in [5.74, 6) is -0.176. The molecule has 0 unspecified atom stereocenters. The van der Waals surface area contributed by atoms with Gasteiger partial charge in [0.25, 0.3) is 0 Å². The van der Waals surface area contributed by atoms with E-state index in [0.717, 1.165) is 37.2 Å². The highest BCUT2D eigenvalue weighted by atomic mass is 16.5. The Kier molecular flexibility index (Phi) is 5.13. The van der Waals surface area contributed by atoms with E-state index in [1.165, 1.54) is 11.1 Å². The van der Waals surface area contributed by atoms with E-state index in [9.17, 15) is 4.79 Å². The molecule has 2 aliphatic rings. The van der Waals surface area contributed by atoms with E-state index in [4.69, 9.17) is 9.47 Å². The third-order valence-electron chi connectivity index (χ3n) is 4.22. The van der Waals surface area contributed by atoms with Crippen molar-refractivity contribution in [2.45, 2.75) is 19.8 Å². The summed E-state index contributed by atoms with van der Waals surface area (Å²) >= 11 is 0. The van der Waals surface area contributed by atoms with Gasteiger partial charge in [0.1, 0.15) is 0 Å². The summed E-state index contributed by atoms with van der Waals surface area (Å²) in [7, 11) is 0. The Morgan fingerprint density at radius 3 is 2.65 bits per heavy atom. The summed E-state index contributed by atoms with van der Waals surface area (Å²) in [4.78, 5) is 14.6. The molecular weight excluding hydrogens is 290 g/mol. The Balaban J connectivity index is 1.95. The molecule has 0 atom stereocenters. The van der Waals surface area contributed by atoms with Crippen molar-refractivity contribution in [2.24, 2.45) is 0 Å². The van der Waals surface area contributed by atoms with Crippen LogP contribution in [0, 0.1) is 0 Å². The van der Waals surface area contributed by atoms with Crippen molar-refractivity contribution in [2.75, 3.05) is 32.9 Å². The van der Waals surface area contributed by atoms with Crippen molar-refractivity contribution < 1.29 is 14.3 Å². The number of ether oxygens (including phenoxy) is 2. The van der Waals surface area contributed by atoms with Crippen molar-refractivity contribution in [3.05, 3.63) is 52.7 Å². The van der Waals surface area contributed by atoms with Crippen molar-refractivity contribution in [1.29, 1.82) is 0 Å². The zero-order valence-corrected chi connectivity index (χ0v) is 13.6. The van der Waals surface area contributed by atoms with Crippen LogP contribution in [0.15, 0.2) is 47.2 Å². The first-order valence-electron chi connectivity index (χ1n) is 8.28. The maximum absolute atomic E-state index is 12.3. The highest BCUT2D eigenvalue weighted by Crippen LogP contribution is 2.36. The quantitative estimate of drug-likeness (QED) is 0.801. The van der Waals surface area contributed by atoms with Crippen LogP contribution in [0.3, 0.4) is 0 Å². The van der Waals surface area contributed by atoms with Gasteiger partial charge < -0.3 is 14.4 Å². The SMILES string of the molecule is CCOC(=O)C1=C(N2CCOCC2)C(=Cc2ccccc2)CC1. The van der Waals surface area contributed by atoms with Crippen LogP contribution in [0.4, 0.5) is 0 Å². The Labute approximate surface area is 137 Å². The largest absolute Gasteiger partial charge is 0.463 e. The van der Waals surface area contributed by atoms with Gasteiger partial charge in [-0.3, -0.25) is 0 Å². The lowest BCUT2D eigenvalue weighted by molar-refractivity contribution is -0.138. The van der Waals surface area contributed by atoms with Crippen LogP contribution in [0.25, 0.3) is 6.08 Å². The van der Waals surface area contributed by atoms with Gasteiger partial charge in [-0.1, -0.05) is 30.3 Å². The first-order chi connectivity index (χ1) is 11.3. The van der Waals surface area contributed by atoms with Crippen LogP contribution in [-0.4, -0.2) is 43.8 Å². The lowest BCUT2D eigenvalue weighted by atomic mass is 10.1. The van der Waals surface area contributed by atoms with Crippen molar-refractivity contribution in [3.63, 3.8) is 0 Å². The Bertz CT molecular complexity index is 613. The Morgan fingerprint density at radius 2 is 1.96 bits per heavy atom. The first-order valence-corrected chi connectivity index (χ1v) is 8.28. The van der Waals surface area contributed by atoms with Gasteiger partial charge in [0.15, 0.2) is 0 Å². The highest BCUT2D eigenvalue weighted by Gasteiger charge is 2.30. The summed E-state index contributed by atoms with van der Waals surface area (Å²) < 4.78 is 10.7. The predicted molar refractivity (Wildman–Crippen MR) is 89.7 cm³/mol. The molecule has 0 aromatic heterocycles. The molecule has 0 radical (unpaired) electrons. The van der Waals surface area contributed by atoms with Gasteiger partial charge in [-0.2, -0.15) is 0 Å². The standard InChI is InChI=1S/C19H23NO3/c1-2-23-19(21)17-9-8-16(14-15-6-4-3-5-7-15)18(17)20-10-12-22-13-11-20/h3-7,14H,2,8-13H2,1H3. The zero-order chi connectivity index (χ0) is 16.1. The van der Waals surface area contributed by atoms with Gasteiger partial charge in [-0.05, 0) is 37.0 Å². The van der Waals surface area contributed by atoms with Crippen LogP contribution >= 0.6 is 0 Å². The molecular formula is C19H23NO3. The van der Waals surface area contributed by atoms with E-state index < -0.39 is 0 Å². The molecule has 0 N–H and O–H groups in total. The topological polar surface area (TPSA) is 38.8 Å². The second-order valence-corrected chi connectivity index (χ2v) is 5.73. The van der Waals surface area contributed by atoms with E-state index >= 15 is 0 Å². The fourth-order valence-corrected chi connectivity index (χ4v) is 3.18.